The third kappa shape index (κ3) is 3.01. The lowest BCUT2D eigenvalue weighted by molar-refractivity contribution is -0.134. The molecule has 1 atom stereocenters. The summed E-state index contributed by atoms with van der Waals surface area (Å²) in [6.45, 7) is 0. The number of methoxy groups -OCH3 is 1. The van der Waals surface area contributed by atoms with Crippen LogP contribution in [-0.4, -0.2) is 39.7 Å². The smallest absolute Gasteiger partial charge is 0.267 e. The van der Waals surface area contributed by atoms with Gasteiger partial charge in [0.25, 0.3) is 11.8 Å². The Kier molecular flexibility index (Phi) is 4.66. The maximum absolute atomic E-state index is 13.3. The van der Waals surface area contributed by atoms with Crippen LogP contribution in [0, 0.1) is 0 Å². The fraction of sp³-hybridized carbons (Fsp3) is 0.120. The Balaban J connectivity index is 1.51. The van der Waals surface area contributed by atoms with Crippen LogP contribution in [-0.2, 0) is 14.5 Å². The molecule has 1 unspecified atom stereocenters. The molecule has 0 bridgehead atoms. The van der Waals surface area contributed by atoms with Crippen molar-refractivity contribution in [1.29, 1.82) is 0 Å². The Bertz CT molecular complexity index is 1460. The molecule has 0 aliphatic carbocycles. The lowest BCUT2D eigenvalue weighted by Crippen LogP contribution is -2.50. The highest BCUT2D eigenvalue weighted by Gasteiger charge is 2.59. The van der Waals surface area contributed by atoms with Crippen LogP contribution in [0.3, 0.4) is 0 Å². The van der Waals surface area contributed by atoms with E-state index < -0.39 is 4.87 Å². The molecule has 2 aromatic carbocycles. The van der Waals surface area contributed by atoms with E-state index in [0.29, 0.717) is 28.5 Å². The van der Waals surface area contributed by atoms with Gasteiger partial charge in [0.1, 0.15) is 5.75 Å². The number of fused-ring (bicyclic) bond motifs is 3. The number of aromatic nitrogens is 2. The number of carbonyl (C=O) groups excluding carboxylic acids is 2. The number of hydrogen-bond donors (Lipinski definition) is 2. The minimum atomic E-state index is -1.28. The molecule has 2 aliphatic rings. The number of hydrazine groups is 1. The summed E-state index contributed by atoms with van der Waals surface area (Å²) in [4.78, 5) is 34.3. The van der Waals surface area contributed by atoms with Crippen molar-refractivity contribution in [3.63, 3.8) is 0 Å². The summed E-state index contributed by atoms with van der Waals surface area (Å²) in [5.74, 6) is 0.671. The molecule has 2 N–H and O–H groups in total. The number of nitrogens with one attached hydrogen (secondary N) is 2. The maximum Gasteiger partial charge on any atom is 0.267 e. The Labute approximate surface area is 199 Å². The number of nitrogens with zero attached hydrogens (tertiary/aromatic N) is 3. The van der Waals surface area contributed by atoms with Crippen LogP contribution in [0.2, 0.25) is 0 Å². The SMILES string of the molecule is COc1ccc2c(c1)C1(SCC(=O)N1Nc1nc3ncccc3cc1-c1ccccc1)C(=O)N2. The van der Waals surface area contributed by atoms with Gasteiger partial charge in [0, 0.05) is 28.4 Å². The number of anilines is 2. The fourth-order valence-corrected chi connectivity index (χ4v) is 5.63. The first kappa shape index (κ1) is 20.5. The molecule has 1 fully saturated rings. The number of hydrogen-bond acceptors (Lipinski definition) is 7. The van der Waals surface area contributed by atoms with Crippen molar-refractivity contribution in [2.75, 3.05) is 23.6 Å². The molecule has 4 aromatic rings. The Morgan fingerprint density at radius 2 is 1.94 bits per heavy atom. The zero-order valence-electron chi connectivity index (χ0n) is 18.1. The molecule has 0 saturated carbocycles. The molecule has 0 radical (unpaired) electrons. The number of ether oxygens (including phenoxy) is 1. The molecule has 2 aromatic heterocycles. The highest BCUT2D eigenvalue weighted by atomic mass is 32.2. The Morgan fingerprint density at radius 1 is 1.09 bits per heavy atom. The third-order valence-corrected chi connectivity index (χ3v) is 7.41. The van der Waals surface area contributed by atoms with Crippen LogP contribution >= 0.6 is 11.8 Å². The van der Waals surface area contributed by atoms with E-state index in [0.717, 1.165) is 16.5 Å². The number of rotatable bonds is 4. The van der Waals surface area contributed by atoms with Gasteiger partial charge in [0.2, 0.25) is 4.87 Å². The van der Waals surface area contributed by atoms with Crippen LogP contribution < -0.4 is 15.5 Å². The summed E-state index contributed by atoms with van der Waals surface area (Å²) in [6, 6.07) is 20.9. The molecule has 8 nitrogen and oxygen atoms in total. The monoisotopic (exact) mass is 469 g/mol. The van der Waals surface area contributed by atoms with Crippen molar-refractivity contribution in [3.05, 3.63) is 78.5 Å². The van der Waals surface area contributed by atoms with E-state index in [1.54, 1.807) is 31.5 Å². The van der Waals surface area contributed by atoms with Crippen molar-refractivity contribution in [2.24, 2.45) is 0 Å². The average molecular weight is 470 g/mol. The molecule has 1 spiro atoms. The second kappa shape index (κ2) is 7.74. The molecule has 4 heterocycles. The van der Waals surface area contributed by atoms with Gasteiger partial charge in [-0.3, -0.25) is 15.0 Å². The summed E-state index contributed by atoms with van der Waals surface area (Å²) >= 11 is 1.27. The molecular weight excluding hydrogens is 450 g/mol. The molecule has 2 aliphatic heterocycles. The van der Waals surface area contributed by atoms with E-state index in [4.69, 9.17) is 9.72 Å². The van der Waals surface area contributed by atoms with E-state index in [2.05, 4.69) is 15.7 Å². The number of benzene rings is 2. The molecule has 168 valence electrons. The van der Waals surface area contributed by atoms with E-state index in [-0.39, 0.29) is 17.6 Å². The standard InChI is InChI=1S/C25H19N5O3S/c1-33-17-9-10-20-19(13-17)25(24(32)27-20)30(21(31)14-34-25)29-23-18(15-6-3-2-4-7-15)12-16-8-5-11-26-22(16)28-23/h2-13H,14H2,1H3,(H,27,32)(H,26,28,29). The van der Waals surface area contributed by atoms with Gasteiger partial charge in [0.05, 0.1) is 12.9 Å². The van der Waals surface area contributed by atoms with Crippen LogP contribution in [0.15, 0.2) is 72.9 Å². The predicted molar refractivity (Wildman–Crippen MR) is 131 cm³/mol. The molecule has 2 amide bonds. The largest absolute Gasteiger partial charge is 0.497 e. The third-order valence-electron chi connectivity index (χ3n) is 6.01. The number of carbonyl (C=O) groups is 2. The van der Waals surface area contributed by atoms with Crippen LogP contribution in [0.25, 0.3) is 22.2 Å². The first-order valence-corrected chi connectivity index (χ1v) is 11.6. The van der Waals surface area contributed by atoms with Gasteiger partial charge in [-0.05, 0) is 42.0 Å². The van der Waals surface area contributed by atoms with E-state index in [9.17, 15) is 9.59 Å². The number of amides is 2. The van der Waals surface area contributed by atoms with Crippen molar-refractivity contribution in [3.8, 4) is 16.9 Å². The maximum atomic E-state index is 13.3. The normalized spacial score (nSPS) is 18.9. The quantitative estimate of drug-likeness (QED) is 0.466. The minimum absolute atomic E-state index is 0.142. The molecule has 9 heteroatoms. The molecule has 1 saturated heterocycles. The lowest BCUT2D eigenvalue weighted by atomic mass is 10.0. The van der Waals surface area contributed by atoms with E-state index in [1.807, 2.05) is 48.5 Å². The van der Waals surface area contributed by atoms with Crippen LogP contribution in [0.5, 0.6) is 5.75 Å². The molecule has 6 rings (SSSR count). The topological polar surface area (TPSA) is 96.4 Å². The number of pyridine rings is 2. The zero-order chi connectivity index (χ0) is 23.3. The summed E-state index contributed by atoms with van der Waals surface area (Å²) in [5, 5.41) is 5.18. The van der Waals surface area contributed by atoms with E-state index >= 15 is 0 Å². The highest BCUT2D eigenvalue weighted by Crippen LogP contribution is 2.53. The summed E-state index contributed by atoms with van der Waals surface area (Å²) < 4.78 is 5.39. The number of thioether (sulfide) groups is 1. The minimum Gasteiger partial charge on any atom is -0.497 e. The lowest BCUT2D eigenvalue weighted by Gasteiger charge is -2.33. The first-order valence-electron chi connectivity index (χ1n) is 10.6. The second-order valence-corrected chi connectivity index (χ2v) is 9.11. The second-order valence-electron chi connectivity index (χ2n) is 7.94. The van der Waals surface area contributed by atoms with E-state index in [1.165, 1.54) is 16.8 Å². The van der Waals surface area contributed by atoms with Gasteiger partial charge in [-0.25, -0.2) is 15.0 Å². The van der Waals surface area contributed by atoms with Crippen molar-refractivity contribution >= 4 is 46.1 Å². The predicted octanol–water partition coefficient (Wildman–Crippen LogP) is 4.01. The molecule has 34 heavy (non-hydrogen) atoms. The van der Waals surface area contributed by atoms with Gasteiger partial charge in [0.15, 0.2) is 11.5 Å². The summed E-state index contributed by atoms with van der Waals surface area (Å²) in [6.07, 6.45) is 1.67. The average Bonchev–Trinajstić information content (AvgIpc) is 3.35. The van der Waals surface area contributed by atoms with Crippen molar-refractivity contribution in [1.82, 2.24) is 15.0 Å². The summed E-state index contributed by atoms with van der Waals surface area (Å²) in [7, 11) is 1.57. The van der Waals surface area contributed by atoms with Crippen LogP contribution in [0.1, 0.15) is 5.56 Å². The first-order chi connectivity index (χ1) is 16.6. The van der Waals surface area contributed by atoms with Gasteiger partial charge in [-0.15, -0.1) is 11.8 Å². The van der Waals surface area contributed by atoms with Gasteiger partial charge in [-0.1, -0.05) is 30.3 Å². The Hall–Kier alpha value is -4.11. The van der Waals surface area contributed by atoms with Gasteiger partial charge < -0.3 is 10.1 Å². The fourth-order valence-electron chi connectivity index (χ4n) is 4.38. The Morgan fingerprint density at radius 3 is 2.76 bits per heavy atom. The van der Waals surface area contributed by atoms with Crippen molar-refractivity contribution < 1.29 is 14.3 Å². The van der Waals surface area contributed by atoms with Gasteiger partial charge >= 0.3 is 0 Å². The highest BCUT2D eigenvalue weighted by molar-refractivity contribution is 8.02. The van der Waals surface area contributed by atoms with Crippen LogP contribution in [0.4, 0.5) is 11.5 Å². The van der Waals surface area contributed by atoms with Crippen molar-refractivity contribution in [2.45, 2.75) is 4.87 Å². The summed E-state index contributed by atoms with van der Waals surface area (Å²) in [5.41, 5.74) is 6.78. The molecular formula is C25H19N5O3S. The zero-order valence-corrected chi connectivity index (χ0v) is 18.9. The van der Waals surface area contributed by atoms with Gasteiger partial charge in [-0.2, -0.15) is 0 Å².